The van der Waals surface area contributed by atoms with Gasteiger partial charge in [0.05, 0.1) is 37.1 Å². The quantitative estimate of drug-likeness (QED) is 0.242. The van der Waals surface area contributed by atoms with Crippen molar-refractivity contribution < 1.29 is 19.1 Å². The lowest BCUT2D eigenvalue weighted by Gasteiger charge is -2.30. The number of rotatable bonds is 10. The summed E-state index contributed by atoms with van der Waals surface area (Å²) in [6.07, 6.45) is 7.45. The number of amides is 3. The van der Waals surface area contributed by atoms with E-state index in [1.807, 2.05) is 49.9 Å². The van der Waals surface area contributed by atoms with Crippen LogP contribution in [0.4, 0.5) is 4.79 Å². The smallest absolute Gasteiger partial charge is 0.407 e. The summed E-state index contributed by atoms with van der Waals surface area (Å²) < 4.78 is 4.75. The van der Waals surface area contributed by atoms with Gasteiger partial charge in [-0.05, 0) is 65.3 Å². The highest BCUT2D eigenvalue weighted by Crippen LogP contribution is 2.34. The van der Waals surface area contributed by atoms with Crippen molar-refractivity contribution in [1.29, 1.82) is 0 Å². The molecular formula is C39H49N7O4. The van der Waals surface area contributed by atoms with E-state index in [0.29, 0.717) is 6.54 Å². The molecule has 4 N–H and O–H groups in total. The van der Waals surface area contributed by atoms with Gasteiger partial charge in [0.1, 0.15) is 11.9 Å². The largest absolute Gasteiger partial charge is 0.453 e. The molecule has 6 rings (SSSR count). The Kier molecular flexibility index (Phi) is 10.5. The molecule has 50 heavy (non-hydrogen) atoms. The summed E-state index contributed by atoms with van der Waals surface area (Å²) in [5, 5.41) is 2.70. The number of ether oxygens (including phenoxy) is 1. The first-order valence-electron chi connectivity index (χ1n) is 17.8. The maximum absolute atomic E-state index is 13.5. The van der Waals surface area contributed by atoms with Gasteiger partial charge in [-0.25, -0.2) is 9.78 Å². The summed E-state index contributed by atoms with van der Waals surface area (Å²) >= 11 is 0. The number of aliphatic imine (C=N–C) groups is 1. The number of methoxy groups -OCH3 is 1. The van der Waals surface area contributed by atoms with Gasteiger partial charge in [-0.3, -0.25) is 14.6 Å². The van der Waals surface area contributed by atoms with E-state index in [1.165, 1.54) is 7.11 Å². The Morgan fingerprint density at radius 1 is 0.840 bits per heavy atom. The molecule has 4 atom stereocenters. The molecule has 264 valence electrons. The second-order valence-electron chi connectivity index (χ2n) is 14.3. The first-order valence-corrected chi connectivity index (χ1v) is 17.8. The number of aromatic amines is 1. The van der Waals surface area contributed by atoms with Crippen molar-refractivity contribution in [1.82, 2.24) is 25.1 Å². The number of hydrogen-bond donors (Lipinski definition) is 3. The third kappa shape index (κ3) is 7.23. The standard InChI is InChI=1S/C39H49N7O4/c1-23(2)34(40)37(47)45-18-6-8-32(45)30-20-29(21-41-30)27-12-10-25(11-13-27)26-14-16-28(17-15-26)31-22-42-36(43-31)33-9-7-19-46(33)38(48)35(24(3)4)44-39(49)50-5/h10-17,21-24,32-35H,6-9,18-20,40H2,1-5H3,(H,42,43)(H,44,49)/t32-,33-,34-,35-/m0/s1. The van der Waals surface area contributed by atoms with Gasteiger partial charge in [0.25, 0.3) is 0 Å². The lowest BCUT2D eigenvalue weighted by molar-refractivity contribution is -0.135. The number of H-pyrrole nitrogens is 1. The van der Waals surface area contributed by atoms with Gasteiger partial charge in [0.15, 0.2) is 0 Å². The lowest BCUT2D eigenvalue weighted by Crippen LogP contribution is -2.51. The van der Waals surface area contributed by atoms with Crippen molar-refractivity contribution in [3.05, 3.63) is 72.3 Å². The molecule has 11 heteroatoms. The Labute approximate surface area is 294 Å². The van der Waals surface area contributed by atoms with Crippen LogP contribution in [0.15, 0.2) is 65.9 Å². The predicted octanol–water partition coefficient (Wildman–Crippen LogP) is 5.95. The SMILES string of the molecule is COC(=O)N[C@H](C(=O)N1CCC[C@H]1c1ncc(-c2ccc(-c3ccc(C4=CN=C([C@@H]5CCCN5C(=O)[C@@H](N)C(C)C)C4)cc3)cc2)[nH]1)C(C)C. The Hall–Kier alpha value is -4.77. The molecule has 3 aliphatic heterocycles. The number of benzene rings is 2. The van der Waals surface area contributed by atoms with E-state index < -0.39 is 18.2 Å². The highest BCUT2D eigenvalue weighted by atomic mass is 16.5. The normalized spacial score (nSPS) is 20.2. The second kappa shape index (κ2) is 15.0. The van der Waals surface area contributed by atoms with Gasteiger partial charge >= 0.3 is 6.09 Å². The highest BCUT2D eigenvalue weighted by Gasteiger charge is 2.38. The fourth-order valence-electron chi connectivity index (χ4n) is 7.25. The van der Waals surface area contributed by atoms with Crippen LogP contribution in [-0.4, -0.2) is 81.7 Å². The number of nitrogens with zero attached hydrogens (tertiary/aromatic N) is 4. The van der Waals surface area contributed by atoms with Crippen molar-refractivity contribution in [3.63, 3.8) is 0 Å². The van der Waals surface area contributed by atoms with Crippen LogP contribution in [0.5, 0.6) is 0 Å². The summed E-state index contributed by atoms with van der Waals surface area (Å²) in [7, 11) is 1.30. The predicted molar refractivity (Wildman–Crippen MR) is 195 cm³/mol. The zero-order valence-electron chi connectivity index (χ0n) is 29.7. The van der Waals surface area contributed by atoms with E-state index in [4.69, 9.17) is 15.5 Å². The van der Waals surface area contributed by atoms with E-state index in [0.717, 1.165) is 83.7 Å². The summed E-state index contributed by atoms with van der Waals surface area (Å²) in [5.41, 5.74) is 13.6. The molecule has 2 fully saturated rings. The molecule has 0 bridgehead atoms. The average molecular weight is 680 g/mol. The molecule has 2 saturated heterocycles. The number of carbonyl (C=O) groups excluding carboxylic acids is 3. The van der Waals surface area contributed by atoms with Gasteiger partial charge < -0.3 is 30.6 Å². The van der Waals surface area contributed by atoms with Crippen LogP contribution in [-0.2, 0) is 14.3 Å². The molecular weight excluding hydrogens is 630 g/mol. The second-order valence-corrected chi connectivity index (χ2v) is 14.3. The summed E-state index contributed by atoms with van der Waals surface area (Å²) in [6.45, 7) is 9.14. The van der Waals surface area contributed by atoms with E-state index in [2.05, 4.69) is 63.8 Å². The molecule has 0 unspecified atom stereocenters. The number of carbonyl (C=O) groups is 3. The average Bonchev–Trinajstić information content (AvgIpc) is 3.96. The molecule has 0 spiro atoms. The number of likely N-dealkylation sites (tertiary alicyclic amines) is 2. The number of nitrogens with one attached hydrogen (secondary N) is 2. The van der Waals surface area contributed by atoms with Crippen LogP contribution < -0.4 is 11.1 Å². The Morgan fingerprint density at radius 2 is 1.42 bits per heavy atom. The molecule has 2 aromatic carbocycles. The number of nitrogens with two attached hydrogens (primary N) is 1. The van der Waals surface area contributed by atoms with Gasteiger partial charge in [0.2, 0.25) is 11.8 Å². The van der Waals surface area contributed by atoms with Crippen molar-refractivity contribution in [3.8, 4) is 22.4 Å². The fraction of sp³-hybridized carbons (Fsp3) is 0.462. The minimum absolute atomic E-state index is 0.0250. The minimum Gasteiger partial charge on any atom is -0.453 e. The third-order valence-electron chi connectivity index (χ3n) is 10.3. The maximum Gasteiger partial charge on any atom is 0.407 e. The Morgan fingerprint density at radius 3 is 2.02 bits per heavy atom. The zero-order chi connectivity index (χ0) is 35.5. The lowest BCUT2D eigenvalue weighted by atomic mass is 9.96. The van der Waals surface area contributed by atoms with Crippen molar-refractivity contribution in [2.75, 3.05) is 20.2 Å². The van der Waals surface area contributed by atoms with Crippen LogP contribution in [0.1, 0.15) is 77.2 Å². The van der Waals surface area contributed by atoms with Gasteiger partial charge in [-0.1, -0.05) is 76.2 Å². The van der Waals surface area contributed by atoms with Crippen molar-refractivity contribution in [2.24, 2.45) is 22.6 Å². The number of allylic oxidation sites excluding steroid dienone is 1. The molecule has 1 aromatic heterocycles. The molecule has 3 amide bonds. The number of aromatic nitrogens is 2. The molecule has 0 saturated carbocycles. The summed E-state index contributed by atoms with van der Waals surface area (Å²) in [4.78, 5) is 55.1. The van der Waals surface area contributed by atoms with E-state index in [1.54, 1.807) is 0 Å². The van der Waals surface area contributed by atoms with Crippen molar-refractivity contribution >= 4 is 29.2 Å². The molecule has 4 heterocycles. The first-order chi connectivity index (χ1) is 24.0. The molecule has 3 aliphatic rings. The maximum atomic E-state index is 13.5. The van der Waals surface area contributed by atoms with Gasteiger partial charge in [0, 0.05) is 31.4 Å². The fourth-order valence-corrected chi connectivity index (χ4v) is 7.25. The Bertz CT molecular complexity index is 1760. The number of alkyl carbamates (subject to hydrolysis) is 1. The monoisotopic (exact) mass is 679 g/mol. The van der Waals surface area contributed by atoms with E-state index in [-0.39, 0.29) is 35.7 Å². The topological polar surface area (TPSA) is 146 Å². The molecule has 11 nitrogen and oxygen atoms in total. The summed E-state index contributed by atoms with van der Waals surface area (Å²) in [5.74, 6) is 0.654. The highest BCUT2D eigenvalue weighted by molar-refractivity contribution is 6.03. The van der Waals surface area contributed by atoms with Crippen LogP contribution in [0, 0.1) is 11.8 Å². The van der Waals surface area contributed by atoms with Gasteiger partial charge in [-0.15, -0.1) is 0 Å². The third-order valence-corrected chi connectivity index (χ3v) is 10.3. The summed E-state index contributed by atoms with van der Waals surface area (Å²) in [6, 6.07) is 15.6. The van der Waals surface area contributed by atoms with Gasteiger partial charge in [-0.2, -0.15) is 0 Å². The number of imidazole rings is 1. The number of hydrogen-bond acceptors (Lipinski definition) is 7. The van der Waals surface area contributed by atoms with Crippen LogP contribution in [0.2, 0.25) is 0 Å². The molecule has 3 aromatic rings. The zero-order valence-corrected chi connectivity index (χ0v) is 29.7. The van der Waals surface area contributed by atoms with Crippen LogP contribution >= 0.6 is 0 Å². The van der Waals surface area contributed by atoms with Crippen LogP contribution in [0.3, 0.4) is 0 Å². The van der Waals surface area contributed by atoms with E-state index in [9.17, 15) is 14.4 Å². The van der Waals surface area contributed by atoms with Crippen LogP contribution in [0.25, 0.3) is 28.0 Å². The molecule has 0 radical (unpaired) electrons. The first kappa shape index (κ1) is 35.1. The Balaban J connectivity index is 1.08. The minimum atomic E-state index is -0.672. The van der Waals surface area contributed by atoms with Crippen molar-refractivity contribution in [2.45, 2.75) is 84.0 Å². The molecule has 0 aliphatic carbocycles. The van der Waals surface area contributed by atoms with E-state index >= 15 is 0 Å².